The molecule has 1 aromatic heterocycles. The Balaban J connectivity index is 1.71. The second-order valence-electron chi connectivity index (χ2n) is 7.71. The van der Waals surface area contributed by atoms with Crippen LogP contribution in [0.5, 0.6) is 17.2 Å². The van der Waals surface area contributed by atoms with Gasteiger partial charge in [-0.1, -0.05) is 12.1 Å². The van der Waals surface area contributed by atoms with Crippen molar-refractivity contribution >= 4 is 11.7 Å². The molecule has 0 amide bonds. The number of anilines is 1. The Bertz CT molecular complexity index is 1230. The van der Waals surface area contributed by atoms with Gasteiger partial charge in [0.2, 0.25) is 5.95 Å². The Labute approximate surface area is 185 Å². The minimum Gasteiger partial charge on any atom is -0.497 e. The van der Waals surface area contributed by atoms with Crippen LogP contribution in [0, 0.1) is 0 Å². The summed E-state index contributed by atoms with van der Waals surface area (Å²) in [6, 6.07) is 12.8. The lowest BCUT2D eigenvalue weighted by molar-refractivity contribution is -0.116. The molecule has 0 saturated heterocycles. The zero-order valence-electron chi connectivity index (χ0n) is 18.2. The molecule has 1 atom stereocenters. The van der Waals surface area contributed by atoms with Crippen LogP contribution >= 0.6 is 0 Å². The average molecular weight is 432 g/mol. The lowest BCUT2D eigenvalue weighted by atomic mass is 9.85. The standard InChI is InChI=1S/C24H24N4O4/c1-30-14-11-12-15(20(13-14)32-3)22-21-17(8-6-9-18(21)29)25-24-26-23(27-28(22)24)16-7-4-5-10-19(16)31-2/h4-5,7,10-13,22H,6,8-9H2,1-3H3,(H,25,26,27). The van der Waals surface area contributed by atoms with Gasteiger partial charge < -0.3 is 19.5 Å². The number of fused-ring (bicyclic) bond motifs is 1. The second kappa shape index (κ2) is 8.03. The number of carbonyl (C=O) groups is 1. The van der Waals surface area contributed by atoms with Gasteiger partial charge in [-0.2, -0.15) is 4.98 Å². The van der Waals surface area contributed by atoms with E-state index in [1.807, 2.05) is 42.5 Å². The van der Waals surface area contributed by atoms with Crippen molar-refractivity contribution in [1.82, 2.24) is 14.8 Å². The monoisotopic (exact) mass is 432 g/mol. The molecule has 0 saturated carbocycles. The summed E-state index contributed by atoms with van der Waals surface area (Å²) in [6.07, 6.45) is 2.11. The molecule has 0 bridgehead atoms. The lowest BCUT2D eigenvalue weighted by Gasteiger charge is -2.32. The summed E-state index contributed by atoms with van der Waals surface area (Å²) in [5.74, 6) is 3.21. The second-order valence-corrected chi connectivity index (χ2v) is 7.71. The molecule has 1 aliphatic heterocycles. The summed E-state index contributed by atoms with van der Waals surface area (Å²) >= 11 is 0. The van der Waals surface area contributed by atoms with E-state index in [1.165, 1.54) is 0 Å². The maximum Gasteiger partial charge on any atom is 0.226 e. The molecular weight excluding hydrogens is 408 g/mol. The van der Waals surface area contributed by atoms with Gasteiger partial charge in [0, 0.05) is 29.3 Å². The topological polar surface area (TPSA) is 87.5 Å². The molecule has 2 aliphatic rings. The van der Waals surface area contributed by atoms with Crippen LogP contribution in [0.15, 0.2) is 53.7 Å². The van der Waals surface area contributed by atoms with Gasteiger partial charge in [-0.3, -0.25) is 4.79 Å². The largest absolute Gasteiger partial charge is 0.497 e. The minimum atomic E-state index is -0.453. The number of nitrogens with zero attached hydrogens (tertiary/aromatic N) is 3. The number of benzene rings is 2. The van der Waals surface area contributed by atoms with Crippen LogP contribution in [0.1, 0.15) is 30.9 Å². The molecule has 1 N–H and O–H groups in total. The number of para-hydroxylation sites is 1. The number of allylic oxidation sites excluding steroid dienone is 2. The SMILES string of the molecule is COc1ccc(C2C3=C(CCCC3=O)Nc3nc(-c4ccccc4OC)nn32)c(OC)c1. The molecule has 0 radical (unpaired) electrons. The minimum absolute atomic E-state index is 0.113. The van der Waals surface area contributed by atoms with E-state index >= 15 is 0 Å². The van der Waals surface area contributed by atoms with Crippen molar-refractivity contribution in [2.45, 2.75) is 25.3 Å². The fraction of sp³-hybridized carbons (Fsp3) is 0.292. The first-order chi connectivity index (χ1) is 15.6. The van der Waals surface area contributed by atoms with E-state index in [1.54, 1.807) is 26.0 Å². The van der Waals surface area contributed by atoms with Gasteiger partial charge in [0.1, 0.15) is 23.3 Å². The highest BCUT2D eigenvalue weighted by atomic mass is 16.5. The third-order valence-electron chi connectivity index (χ3n) is 5.95. The Hall–Kier alpha value is -3.81. The number of Topliss-reactive ketones (excluding diaryl/α,β-unsaturated/α-hetero) is 1. The lowest BCUT2D eigenvalue weighted by Crippen LogP contribution is -2.31. The van der Waals surface area contributed by atoms with E-state index in [-0.39, 0.29) is 5.78 Å². The van der Waals surface area contributed by atoms with E-state index in [4.69, 9.17) is 24.3 Å². The molecule has 32 heavy (non-hydrogen) atoms. The number of carbonyl (C=O) groups excluding carboxylic acids is 1. The van der Waals surface area contributed by atoms with Gasteiger partial charge in [-0.05, 0) is 37.1 Å². The van der Waals surface area contributed by atoms with Crippen molar-refractivity contribution in [1.29, 1.82) is 0 Å². The Kier molecular flexibility index (Phi) is 5.05. The molecule has 5 rings (SSSR count). The molecule has 8 nitrogen and oxygen atoms in total. The Morgan fingerprint density at radius 1 is 1.00 bits per heavy atom. The summed E-state index contributed by atoms with van der Waals surface area (Å²) in [4.78, 5) is 17.8. The molecule has 8 heteroatoms. The molecule has 3 aromatic rings. The highest BCUT2D eigenvalue weighted by Gasteiger charge is 2.38. The summed E-state index contributed by atoms with van der Waals surface area (Å²) in [6.45, 7) is 0. The van der Waals surface area contributed by atoms with Crippen molar-refractivity contribution in [3.63, 3.8) is 0 Å². The van der Waals surface area contributed by atoms with Gasteiger partial charge >= 0.3 is 0 Å². The predicted molar refractivity (Wildman–Crippen MR) is 119 cm³/mol. The number of methoxy groups -OCH3 is 3. The Morgan fingerprint density at radius 3 is 2.59 bits per heavy atom. The summed E-state index contributed by atoms with van der Waals surface area (Å²) < 4.78 is 18.3. The maximum atomic E-state index is 13.1. The normalized spacial score (nSPS) is 17.3. The predicted octanol–water partition coefficient (Wildman–Crippen LogP) is 3.99. The molecule has 0 spiro atoms. The molecule has 2 heterocycles. The smallest absolute Gasteiger partial charge is 0.226 e. The van der Waals surface area contributed by atoms with Crippen molar-refractivity contribution in [3.05, 3.63) is 59.3 Å². The van der Waals surface area contributed by atoms with Crippen LogP contribution in [0.25, 0.3) is 11.4 Å². The average Bonchev–Trinajstić information content (AvgIpc) is 3.26. The van der Waals surface area contributed by atoms with E-state index in [0.29, 0.717) is 41.0 Å². The zero-order chi connectivity index (χ0) is 22.2. The summed E-state index contributed by atoms with van der Waals surface area (Å²) in [5.41, 5.74) is 3.22. The number of aromatic nitrogens is 3. The van der Waals surface area contributed by atoms with Crippen LogP contribution in [0.3, 0.4) is 0 Å². The zero-order valence-corrected chi connectivity index (χ0v) is 18.2. The van der Waals surface area contributed by atoms with Crippen LogP contribution in [0.2, 0.25) is 0 Å². The van der Waals surface area contributed by atoms with Crippen LogP contribution in [-0.2, 0) is 4.79 Å². The third kappa shape index (κ3) is 3.19. The molecule has 164 valence electrons. The number of hydrogen-bond donors (Lipinski definition) is 1. The summed E-state index contributed by atoms with van der Waals surface area (Å²) in [7, 11) is 4.84. The van der Waals surface area contributed by atoms with E-state index in [2.05, 4.69) is 5.32 Å². The van der Waals surface area contributed by atoms with Crippen LogP contribution < -0.4 is 19.5 Å². The van der Waals surface area contributed by atoms with Crippen molar-refractivity contribution in [2.24, 2.45) is 0 Å². The number of nitrogens with one attached hydrogen (secondary N) is 1. The fourth-order valence-corrected chi connectivity index (χ4v) is 4.43. The quantitative estimate of drug-likeness (QED) is 0.652. The van der Waals surface area contributed by atoms with Crippen LogP contribution in [0.4, 0.5) is 5.95 Å². The van der Waals surface area contributed by atoms with E-state index < -0.39 is 6.04 Å². The van der Waals surface area contributed by atoms with E-state index in [0.717, 1.165) is 29.7 Å². The summed E-state index contributed by atoms with van der Waals surface area (Å²) in [5, 5.41) is 8.18. The first kappa shape index (κ1) is 20.1. The first-order valence-corrected chi connectivity index (χ1v) is 10.5. The van der Waals surface area contributed by atoms with E-state index in [9.17, 15) is 4.79 Å². The van der Waals surface area contributed by atoms with Gasteiger partial charge in [-0.15, -0.1) is 5.10 Å². The molecule has 1 aliphatic carbocycles. The number of hydrogen-bond acceptors (Lipinski definition) is 7. The van der Waals surface area contributed by atoms with Crippen molar-refractivity contribution in [2.75, 3.05) is 26.6 Å². The number of rotatable bonds is 5. The highest BCUT2D eigenvalue weighted by Crippen LogP contribution is 2.44. The highest BCUT2D eigenvalue weighted by molar-refractivity contribution is 5.99. The van der Waals surface area contributed by atoms with Crippen molar-refractivity contribution in [3.8, 4) is 28.6 Å². The molecular formula is C24H24N4O4. The molecule has 2 aromatic carbocycles. The van der Waals surface area contributed by atoms with Crippen LogP contribution in [-0.4, -0.2) is 41.9 Å². The Morgan fingerprint density at radius 2 is 1.81 bits per heavy atom. The van der Waals surface area contributed by atoms with Gasteiger partial charge in [0.15, 0.2) is 11.6 Å². The number of ketones is 1. The van der Waals surface area contributed by atoms with Gasteiger partial charge in [0.05, 0.1) is 26.9 Å². The van der Waals surface area contributed by atoms with Gasteiger partial charge in [-0.25, -0.2) is 4.68 Å². The first-order valence-electron chi connectivity index (χ1n) is 10.5. The number of ether oxygens (including phenoxy) is 3. The fourth-order valence-electron chi connectivity index (χ4n) is 4.43. The molecule has 1 unspecified atom stereocenters. The van der Waals surface area contributed by atoms with Crippen molar-refractivity contribution < 1.29 is 19.0 Å². The maximum absolute atomic E-state index is 13.1. The third-order valence-corrected chi connectivity index (χ3v) is 5.95. The van der Waals surface area contributed by atoms with Gasteiger partial charge in [0.25, 0.3) is 0 Å². The molecule has 0 fully saturated rings.